The standard InChI is InChI=1S/C15H19NO/c1-11(2)16-13-7-4-3-6-12(13)10-14(17)15(16)8-5-9-15/h3-4,6-7,11H,5,8-10H2,1-2H3. The topological polar surface area (TPSA) is 20.3 Å². The summed E-state index contributed by atoms with van der Waals surface area (Å²) in [5.41, 5.74) is 2.31. The summed E-state index contributed by atoms with van der Waals surface area (Å²) in [4.78, 5) is 14.8. The number of nitrogens with zero attached hydrogens (tertiary/aromatic N) is 1. The van der Waals surface area contributed by atoms with Gasteiger partial charge in [0.1, 0.15) is 0 Å². The van der Waals surface area contributed by atoms with Gasteiger partial charge in [0, 0.05) is 18.2 Å². The Balaban J connectivity index is 2.14. The number of fused-ring (bicyclic) bond motifs is 1. The molecule has 3 rings (SSSR count). The molecular weight excluding hydrogens is 210 g/mol. The van der Waals surface area contributed by atoms with Gasteiger partial charge in [-0.2, -0.15) is 0 Å². The van der Waals surface area contributed by atoms with Crippen molar-refractivity contribution < 1.29 is 4.79 Å². The van der Waals surface area contributed by atoms with Crippen molar-refractivity contribution in [3.8, 4) is 0 Å². The quantitative estimate of drug-likeness (QED) is 0.738. The fourth-order valence-corrected chi connectivity index (χ4v) is 3.40. The number of rotatable bonds is 1. The maximum atomic E-state index is 12.4. The summed E-state index contributed by atoms with van der Waals surface area (Å²) in [5.74, 6) is 0.427. The van der Waals surface area contributed by atoms with Crippen LogP contribution in [0.2, 0.25) is 0 Å². The molecule has 1 aliphatic carbocycles. The average molecular weight is 229 g/mol. The molecule has 1 aromatic rings. The summed E-state index contributed by atoms with van der Waals surface area (Å²) < 4.78 is 0. The predicted molar refractivity (Wildman–Crippen MR) is 69.4 cm³/mol. The number of hydrogen-bond donors (Lipinski definition) is 0. The summed E-state index contributed by atoms with van der Waals surface area (Å²) >= 11 is 0. The van der Waals surface area contributed by atoms with Gasteiger partial charge in [-0.05, 0) is 44.7 Å². The van der Waals surface area contributed by atoms with E-state index >= 15 is 0 Å². The average Bonchev–Trinajstić information content (AvgIpc) is 2.24. The molecule has 2 aliphatic rings. The number of para-hydroxylation sites is 1. The van der Waals surface area contributed by atoms with E-state index in [4.69, 9.17) is 0 Å². The van der Waals surface area contributed by atoms with Crippen molar-refractivity contribution in [2.45, 2.75) is 51.1 Å². The Hall–Kier alpha value is -1.31. The summed E-state index contributed by atoms with van der Waals surface area (Å²) in [7, 11) is 0. The highest BCUT2D eigenvalue weighted by Gasteiger charge is 2.52. The number of benzene rings is 1. The van der Waals surface area contributed by atoms with Gasteiger partial charge in [-0.25, -0.2) is 0 Å². The van der Waals surface area contributed by atoms with E-state index in [-0.39, 0.29) is 5.54 Å². The molecule has 1 aliphatic heterocycles. The van der Waals surface area contributed by atoms with Crippen LogP contribution in [0.4, 0.5) is 5.69 Å². The lowest BCUT2D eigenvalue weighted by Gasteiger charge is -2.55. The van der Waals surface area contributed by atoms with Gasteiger partial charge in [0.25, 0.3) is 0 Å². The predicted octanol–water partition coefficient (Wildman–Crippen LogP) is 2.95. The van der Waals surface area contributed by atoms with E-state index in [0.29, 0.717) is 18.2 Å². The highest BCUT2D eigenvalue weighted by molar-refractivity contribution is 5.98. The second kappa shape index (κ2) is 3.59. The smallest absolute Gasteiger partial charge is 0.162 e. The van der Waals surface area contributed by atoms with Gasteiger partial charge < -0.3 is 4.90 Å². The molecule has 0 unspecified atom stereocenters. The SMILES string of the molecule is CC(C)N1c2ccccc2CC(=O)C12CCC2. The third kappa shape index (κ3) is 1.36. The van der Waals surface area contributed by atoms with Crippen LogP contribution in [0.25, 0.3) is 0 Å². The molecule has 2 heteroatoms. The minimum atomic E-state index is -0.164. The van der Waals surface area contributed by atoms with Gasteiger partial charge in [0.2, 0.25) is 0 Å². The van der Waals surface area contributed by atoms with Crippen LogP contribution in [0.15, 0.2) is 24.3 Å². The van der Waals surface area contributed by atoms with Gasteiger partial charge in [0.15, 0.2) is 5.78 Å². The van der Waals surface area contributed by atoms with Gasteiger partial charge in [0.05, 0.1) is 5.54 Å². The van der Waals surface area contributed by atoms with E-state index < -0.39 is 0 Å². The van der Waals surface area contributed by atoms with Crippen molar-refractivity contribution in [3.05, 3.63) is 29.8 Å². The number of anilines is 1. The van der Waals surface area contributed by atoms with E-state index in [0.717, 1.165) is 12.8 Å². The van der Waals surface area contributed by atoms with Crippen LogP contribution in [0.3, 0.4) is 0 Å². The van der Waals surface area contributed by atoms with Crippen molar-refractivity contribution in [2.75, 3.05) is 4.90 Å². The van der Waals surface area contributed by atoms with Crippen LogP contribution in [0.5, 0.6) is 0 Å². The lowest BCUT2D eigenvalue weighted by molar-refractivity contribution is -0.127. The van der Waals surface area contributed by atoms with Crippen molar-refractivity contribution in [2.24, 2.45) is 0 Å². The van der Waals surface area contributed by atoms with Crippen molar-refractivity contribution in [1.82, 2.24) is 0 Å². The third-order valence-electron chi connectivity index (χ3n) is 4.28. The van der Waals surface area contributed by atoms with E-state index in [9.17, 15) is 4.79 Å². The Morgan fingerprint density at radius 3 is 2.53 bits per heavy atom. The van der Waals surface area contributed by atoms with Crippen LogP contribution < -0.4 is 4.90 Å². The molecule has 1 fully saturated rings. The van der Waals surface area contributed by atoms with Crippen LogP contribution in [0.1, 0.15) is 38.7 Å². The third-order valence-corrected chi connectivity index (χ3v) is 4.28. The summed E-state index contributed by atoms with van der Waals surface area (Å²) in [6.45, 7) is 4.38. The molecule has 0 saturated heterocycles. The molecule has 1 spiro atoms. The highest BCUT2D eigenvalue weighted by atomic mass is 16.1. The van der Waals surface area contributed by atoms with E-state index in [1.165, 1.54) is 17.7 Å². The van der Waals surface area contributed by atoms with Crippen molar-refractivity contribution >= 4 is 11.5 Å². The molecule has 1 heterocycles. The Morgan fingerprint density at radius 1 is 1.24 bits per heavy atom. The van der Waals surface area contributed by atoms with Crippen LogP contribution >= 0.6 is 0 Å². The Labute approximate surface area is 103 Å². The number of Topliss-reactive ketones (excluding diaryl/α,β-unsaturated/α-hetero) is 1. The number of ketones is 1. The minimum absolute atomic E-state index is 0.164. The van der Waals surface area contributed by atoms with Gasteiger partial charge in [-0.3, -0.25) is 4.79 Å². The number of carbonyl (C=O) groups is 1. The first-order chi connectivity index (χ1) is 8.15. The first-order valence-corrected chi connectivity index (χ1v) is 6.56. The molecule has 90 valence electrons. The zero-order chi connectivity index (χ0) is 12.0. The van der Waals surface area contributed by atoms with E-state index in [1.807, 2.05) is 6.07 Å². The zero-order valence-corrected chi connectivity index (χ0v) is 10.6. The monoisotopic (exact) mass is 229 g/mol. The molecule has 2 nitrogen and oxygen atoms in total. The van der Waals surface area contributed by atoms with E-state index in [1.54, 1.807) is 0 Å². The van der Waals surface area contributed by atoms with Crippen LogP contribution in [0, 0.1) is 0 Å². The van der Waals surface area contributed by atoms with Crippen molar-refractivity contribution in [3.63, 3.8) is 0 Å². The summed E-state index contributed by atoms with van der Waals surface area (Å²) in [6, 6.07) is 8.76. The fourth-order valence-electron chi connectivity index (χ4n) is 3.40. The van der Waals surface area contributed by atoms with Crippen LogP contribution in [-0.4, -0.2) is 17.4 Å². The van der Waals surface area contributed by atoms with Gasteiger partial charge in [-0.15, -0.1) is 0 Å². The summed E-state index contributed by atoms with van der Waals surface area (Å²) in [5, 5.41) is 0. The Kier molecular flexibility index (Phi) is 2.29. The van der Waals surface area contributed by atoms with Crippen LogP contribution in [-0.2, 0) is 11.2 Å². The first kappa shape index (κ1) is 10.8. The molecule has 1 aromatic carbocycles. The number of carbonyl (C=O) groups excluding carboxylic acids is 1. The lowest BCUT2D eigenvalue weighted by atomic mass is 9.68. The largest absolute Gasteiger partial charge is 0.356 e. The number of hydrogen-bond acceptors (Lipinski definition) is 2. The second-order valence-electron chi connectivity index (χ2n) is 5.58. The van der Waals surface area contributed by atoms with Crippen molar-refractivity contribution in [1.29, 1.82) is 0 Å². The van der Waals surface area contributed by atoms with E-state index in [2.05, 4.69) is 36.9 Å². The van der Waals surface area contributed by atoms with Gasteiger partial charge in [-0.1, -0.05) is 18.2 Å². The second-order valence-corrected chi connectivity index (χ2v) is 5.58. The zero-order valence-electron chi connectivity index (χ0n) is 10.6. The summed E-state index contributed by atoms with van der Waals surface area (Å²) in [6.07, 6.45) is 3.90. The molecule has 17 heavy (non-hydrogen) atoms. The van der Waals surface area contributed by atoms with Gasteiger partial charge >= 0.3 is 0 Å². The fraction of sp³-hybridized carbons (Fsp3) is 0.533. The molecule has 1 saturated carbocycles. The molecule has 0 N–H and O–H groups in total. The maximum Gasteiger partial charge on any atom is 0.162 e. The molecular formula is C15H19NO. The Bertz CT molecular complexity index is 460. The molecule has 0 atom stereocenters. The highest BCUT2D eigenvalue weighted by Crippen LogP contribution is 2.47. The molecule has 0 aromatic heterocycles. The minimum Gasteiger partial charge on any atom is -0.356 e. The molecule has 0 radical (unpaired) electrons. The normalized spacial score (nSPS) is 21.6. The maximum absolute atomic E-state index is 12.4. The first-order valence-electron chi connectivity index (χ1n) is 6.56. The molecule has 0 amide bonds. The molecule has 0 bridgehead atoms. The lowest BCUT2D eigenvalue weighted by Crippen LogP contribution is -2.64. The Morgan fingerprint density at radius 2 is 1.94 bits per heavy atom.